The highest BCUT2D eigenvalue weighted by atomic mass is 19.1. The molecule has 0 unspecified atom stereocenters. The molecule has 0 bridgehead atoms. The summed E-state index contributed by atoms with van der Waals surface area (Å²) in [5, 5.41) is 0. The summed E-state index contributed by atoms with van der Waals surface area (Å²) >= 11 is 0. The number of imidazole rings is 2. The number of benzene rings is 2. The highest BCUT2D eigenvalue weighted by molar-refractivity contribution is 5.56. The summed E-state index contributed by atoms with van der Waals surface area (Å²) in [4.78, 5) is 8.45. The summed E-state index contributed by atoms with van der Waals surface area (Å²) in [5.74, 6) is 0.348. The average molecular weight is 318 g/mol. The predicted molar refractivity (Wildman–Crippen MR) is 90.3 cm³/mol. The molecular formula is C19H15FN4. The zero-order valence-corrected chi connectivity index (χ0v) is 12.9. The van der Waals surface area contributed by atoms with Gasteiger partial charge >= 0.3 is 0 Å². The average Bonchev–Trinajstić information content (AvgIpc) is 3.28. The number of nitrogens with zero attached hydrogens (tertiary/aromatic N) is 4. The van der Waals surface area contributed by atoms with Gasteiger partial charge in [-0.15, -0.1) is 0 Å². The number of rotatable bonds is 4. The van der Waals surface area contributed by atoms with E-state index in [1.54, 1.807) is 30.9 Å². The van der Waals surface area contributed by atoms with Crippen molar-refractivity contribution in [1.82, 2.24) is 19.1 Å². The van der Waals surface area contributed by atoms with Crippen molar-refractivity contribution < 1.29 is 4.39 Å². The van der Waals surface area contributed by atoms with Crippen LogP contribution in [0.4, 0.5) is 4.39 Å². The molecule has 0 radical (unpaired) electrons. The van der Waals surface area contributed by atoms with E-state index in [1.165, 1.54) is 6.07 Å². The van der Waals surface area contributed by atoms with Crippen molar-refractivity contribution in [1.29, 1.82) is 0 Å². The topological polar surface area (TPSA) is 35.6 Å². The first-order valence-corrected chi connectivity index (χ1v) is 7.65. The number of halogens is 1. The molecule has 118 valence electrons. The Balaban J connectivity index is 1.74. The van der Waals surface area contributed by atoms with Crippen molar-refractivity contribution in [2.24, 2.45) is 0 Å². The Morgan fingerprint density at radius 3 is 2.58 bits per heavy atom. The van der Waals surface area contributed by atoms with Gasteiger partial charge in [-0.05, 0) is 23.8 Å². The van der Waals surface area contributed by atoms with Crippen molar-refractivity contribution in [3.63, 3.8) is 0 Å². The molecule has 0 aliphatic carbocycles. The van der Waals surface area contributed by atoms with Crippen molar-refractivity contribution >= 4 is 0 Å². The Morgan fingerprint density at radius 1 is 0.917 bits per heavy atom. The quantitative estimate of drug-likeness (QED) is 0.572. The first-order valence-electron chi connectivity index (χ1n) is 7.65. The molecule has 2 aromatic carbocycles. The van der Waals surface area contributed by atoms with E-state index in [9.17, 15) is 4.39 Å². The summed E-state index contributed by atoms with van der Waals surface area (Å²) < 4.78 is 18.0. The van der Waals surface area contributed by atoms with E-state index in [0.29, 0.717) is 17.9 Å². The Morgan fingerprint density at radius 2 is 1.75 bits per heavy atom. The maximum Gasteiger partial charge on any atom is 0.143 e. The molecule has 4 nitrogen and oxygen atoms in total. The van der Waals surface area contributed by atoms with Crippen LogP contribution in [0.25, 0.3) is 17.1 Å². The molecule has 4 aromatic rings. The second kappa shape index (κ2) is 6.12. The van der Waals surface area contributed by atoms with Crippen LogP contribution in [-0.4, -0.2) is 19.1 Å². The van der Waals surface area contributed by atoms with Crippen molar-refractivity contribution in [2.75, 3.05) is 0 Å². The standard InChI is InChI=1S/C19H15FN4/c20-17-7-3-2-6-16(17)19-22-10-12-23(19)13-15-5-1-4-8-18(15)24-11-9-21-14-24/h1-12,14H,13H2. The minimum absolute atomic E-state index is 0.271. The van der Waals surface area contributed by atoms with Crippen LogP contribution in [0.3, 0.4) is 0 Å². The van der Waals surface area contributed by atoms with Crippen LogP contribution in [0.1, 0.15) is 5.56 Å². The lowest BCUT2D eigenvalue weighted by Crippen LogP contribution is -2.05. The largest absolute Gasteiger partial charge is 0.326 e. The van der Waals surface area contributed by atoms with E-state index in [2.05, 4.69) is 16.0 Å². The monoisotopic (exact) mass is 318 g/mol. The van der Waals surface area contributed by atoms with Gasteiger partial charge in [0.15, 0.2) is 0 Å². The SMILES string of the molecule is Fc1ccccc1-c1nccn1Cc1ccccc1-n1ccnc1. The van der Waals surface area contributed by atoms with Crippen LogP contribution in [0, 0.1) is 5.82 Å². The molecule has 0 aliphatic rings. The smallest absolute Gasteiger partial charge is 0.143 e. The summed E-state index contributed by atoms with van der Waals surface area (Å²) in [6.45, 7) is 0.595. The number of para-hydroxylation sites is 1. The molecule has 4 rings (SSSR count). The van der Waals surface area contributed by atoms with Gasteiger partial charge in [0.2, 0.25) is 0 Å². The molecule has 0 fully saturated rings. The third-order valence-corrected chi connectivity index (χ3v) is 3.95. The van der Waals surface area contributed by atoms with Gasteiger partial charge in [-0.1, -0.05) is 30.3 Å². The number of hydrogen-bond acceptors (Lipinski definition) is 2. The lowest BCUT2D eigenvalue weighted by atomic mass is 10.1. The first-order chi connectivity index (χ1) is 11.8. The van der Waals surface area contributed by atoms with Crippen LogP contribution in [-0.2, 0) is 6.54 Å². The fourth-order valence-electron chi connectivity index (χ4n) is 2.81. The van der Waals surface area contributed by atoms with Crippen LogP contribution >= 0.6 is 0 Å². The Labute approximate surface area is 138 Å². The predicted octanol–water partition coefficient (Wildman–Crippen LogP) is 3.92. The molecule has 0 aliphatic heterocycles. The van der Waals surface area contributed by atoms with Gasteiger partial charge in [0.05, 0.1) is 24.1 Å². The summed E-state index contributed by atoms with van der Waals surface area (Å²) in [6.07, 6.45) is 8.99. The van der Waals surface area contributed by atoms with Crippen LogP contribution in [0.2, 0.25) is 0 Å². The van der Waals surface area contributed by atoms with E-state index < -0.39 is 0 Å². The summed E-state index contributed by atoms with van der Waals surface area (Å²) in [5.41, 5.74) is 2.65. The zero-order chi connectivity index (χ0) is 16.4. The van der Waals surface area contributed by atoms with Crippen molar-refractivity contribution in [3.05, 3.63) is 91.0 Å². The van der Waals surface area contributed by atoms with E-state index in [-0.39, 0.29) is 5.82 Å². The zero-order valence-electron chi connectivity index (χ0n) is 12.9. The molecule has 0 N–H and O–H groups in total. The third-order valence-electron chi connectivity index (χ3n) is 3.95. The summed E-state index contributed by atoms with van der Waals surface area (Å²) in [6, 6.07) is 14.8. The van der Waals surface area contributed by atoms with Gasteiger partial charge < -0.3 is 9.13 Å². The third kappa shape index (κ3) is 2.60. The maximum absolute atomic E-state index is 14.1. The van der Waals surface area contributed by atoms with E-state index in [4.69, 9.17) is 0 Å². The minimum Gasteiger partial charge on any atom is -0.326 e. The van der Waals surface area contributed by atoms with Crippen LogP contribution < -0.4 is 0 Å². The van der Waals surface area contributed by atoms with Gasteiger partial charge in [-0.2, -0.15) is 0 Å². The Bertz CT molecular complexity index is 957. The lowest BCUT2D eigenvalue weighted by Gasteiger charge is -2.13. The number of aromatic nitrogens is 4. The van der Waals surface area contributed by atoms with Gasteiger partial charge in [0, 0.05) is 24.8 Å². The molecular weight excluding hydrogens is 303 g/mol. The molecule has 0 saturated carbocycles. The van der Waals surface area contributed by atoms with Gasteiger partial charge in [0.25, 0.3) is 0 Å². The van der Waals surface area contributed by atoms with E-state index >= 15 is 0 Å². The summed E-state index contributed by atoms with van der Waals surface area (Å²) in [7, 11) is 0. The van der Waals surface area contributed by atoms with E-state index in [1.807, 2.05) is 45.8 Å². The molecule has 2 aromatic heterocycles. The molecule has 24 heavy (non-hydrogen) atoms. The van der Waals surface area contributed by atoms with Crippen molar-refractivity contribution in [2.45, 2.75) is 6.54 Å². The fourth-order valence-corrected chi connectivity index (χ4v) is 2.81. The normalized spacial score (nSPS) is 10.9. The molecule has 0 atom stereocenters. The molecule has 0 spiro atoms. The van der Waals surface area contributed by atoms with Gasteiger partial charge in [-0.25, -0.2) is 14.4 Å². The number of hydrogen-bond donors (Lipinski definition) is 0. The van der Waals surface area contributed by atoms with E-state index in [0.717, 1.165) is 11.3 Å². The highest BCUT2D eigenvalue weighted by Crippen LogP contribution is 2.23. The van der Waals surface area contributed by atoms with Gasteiger partial charge in [0.1, 0.15) is 11.6 Å². The molecule has 0 saturated heterocycles. The molecule has 2 heterocycles. The minimum atomic E-state index is -0.271. The molecule has 0 amide bonds. The lowest BCUT2D eigenvalue weighted by molar-refractivity contribution is 0.628. The highest BCUT2D eigenvalue weighted by Gasteiger charge is 2.12. The fraction of sp³-hybridized carbons (Fsp3) is 0.0526. The van der Waals surface area contributed by atoms with Crippen molar-refractivity contribution in [3.8, 4) is 17.1 Å². The second-order valence-electron chi connectivity index (χ2n) is 5.46. The van der Waals surface area contributed by atoms with Crippen LogP contribution in [0.5, 0.6) is 0 Å². The van der Waals surface area contributed by atoms with Gasteiger partial charge in [-0.3, -0.25) is 0 Å². The first kappa shape index (κ1) is 14.4. The maximum atomic E-state index is 14.1. The molecule has 5 heteroatoms. The van der Waals surface area contributed by atoms with Crippen LogP contribution in [0.15, 0.2) is 79.6 Å². The Hall–Kier alpha value is -3.21. The second-order valence-corrected chi connectivity index (χ2v) is 5.46. The Kier molecular flexibility index (Phi) is 3.67.